The molecule has 8 heteroatoms. The molecule has 0 aliphatic carbocycles. The topological polar surface area (TPSA) is 106 Å². The molecular formula is C12H18N2O4S2. The van der Waals surface area contributed by atoms with Crippen molar-refractivity contribution in [2.75, 3.05) is 28.8 Å². The molecule has 2 rings (SSSR count). The van der Waals surface area contributed by atoms with Gasteiger partial charge in [-0.25, -0.2) is 16.8 Å². The molecule has 0 saturated carbocycles. The molecule has 0 radical (unpaired) electrons. The second-order valence-corrected chi connectivity index (χ2v) is 9.35. The zero-order valence-corrected chi connectivity index (χ0v) is 12.8. The van der Waals surface area contributed by atoms with E-state index in [0.29, 0.717) is 18.5 Å². The zero-order chi connectivity index (χ0) is 15.0. The largest absolute Gasteiger partial charge is 0.396 e. The van der Waals surface area contributed by atoms with Crippen LogP contribution in [0.5, 0.6) is 0 Å². The molecule has 20 heavy (non-hydrogen) atoms. The Morgan fingerprint density at radius 3 is 2.40 bits per heavy atom. The summed E-state index contributed by atoms with van der Waals surface area (Å²) < 4.78 is 45.9. The Balaban J connectivity index is 2.19. The van der Waals surface area contributed by atoms with E-state index >= 15 is 0 Å². The molecule has 0 spiro atoms. The van der Waals surface area contributed by atoms with Crippen LogP contribution in [-0.4, -0.2) is 40.6 Å². The predicted molar refractivity (Wildman–Crippen MR) is 79.3 cm³/mol. The van der Waals surface area contributed by atoms with Gasteiger partial charge in [-0.05, 0) is 25.0 Å². The van der Waals surface area contributed by atoms with Crippen LogP contribution < -0.4 is 11.1 Å². The summed E-state index contributed by atoms with van der Waals surface area (Å²) in [4.78, 5) is 0.0888. The lowest BCUT2D eigenvalue weighted by atomic mass is 10.1. The molecule has 1 aliphatic heterocycles. The van der Waals surface area contributed by atoms with E-state index in [9.17, 15) is 16.8 Å². The standard InChI is InChI=1S/C12H18N2O4S2/c1-19(15,16)11-4-2-3-10(12(11)13)14-9-5-7-20(17,18)8-6-9/h2-4,9,14H,5-8,13H2,1H3. The number of nitrogens with one attached hydrogen (secondary N) is 1. The van der Waals surface area contributed by atoms with E-state index in [4.69, 9.17) is 5.73 Å². The van der Waals surface area contributed by atoms with Gasteiger partial charge in [-0.1, -0.05) is 6.07 Å². The summed E-state index contributed by atoms with van der Waals surface area (Å²) in [7, 11) is -6.29. The Labute approximate surface area is 119 Å². The minimum Gasteiger partial charge on any atom is -0.396 e. The second kappa shape index (κ2) is 5.25. The highest BCUT2D eigenvalue weighted by Crippen LogP contribution is 2.28. The highest BCUT2D eigenvalue weighted by atomic mass is 32.2. The van der Waals surface area contributed by atoms with Gasteiger partial charge in [-0.2, -0.15) is 0 Å². The average Bonchev–Trinajstić information content (AvgIpc) is 2.33. The van der Waals surface area contributed by atoms with Gasteiger partial charge in [-0.3, -0.25) is 0 Å². The molecule has 112 valence electrons. The van der Waals surface area contributed by atoms with Crippen LogP contribution in [0.15, 0.2) is 23.1 Å². The van der Waals surface area contributed by atoms with Gasteiger partial charge >= 0.3 is 0 Å². The maximum Gasteiger partial charge on any atom is 0.177 e. The fraction of sp³-hybridized carbons (Fsp3) is 0.500. The summed E-state index contributed by atoms with van der Waals surface area (Å²) in [5, 5.41) is 3.15. The number of sulfone groups is 2. The zero-order valence-electron chi connectivity index (χ0n) is 11.2. The molecule has 1 heterocycles. The van der Waals surface area contributed by atoms with Gasteiger partial charge < -0.3 is 11.1 Å². The van der Waals surface area contributed by atoms with E-state index in [1.807, 2.05) is 0 Å². The Morgan fingerprint density at radius 2 is 1.85 bits per heavy atom. The summed E-state index contributed by atoms with van der Waals surface area (Å²) in [5.41, 5.74) is 6.60. The first-order valence-corrected chi connectivity index (χ1v) is 9.96. The van der Waals surface area contributed by atoms with Gasteiger partial charge in [0.15, 0.2) is 9.84 Å². The number of para-hydroxylation sites is 1. The molecule has 6 nitrogen and oxygen atoms in total. The lowest BCUT2D eigenvalue weighted by Gasteiger charge is -2.25. The number of nitrogens with two attached hydrogens (primary N) is 1. The van der Waals surface area contributed by atoms with E-state index in [2.05, 4.69) is 5.32 Å². The van der Waals surface area contributed by atoms with Crippen molar-refractivity contribution >= 4 is 31.0 Å². The van der Waals surface area contributed by atoms with Crippen LogP contribution in [0.25, 0.3) is 0 Å². The van der Waals surface area contributed by atoms with E-state index in [1.165, 1.54) is 6.07 Å². The summed E-state index contributed by atoms with van der Waals surface area (Å²) in [6.07, 6.45) is 2.12. The van der Waals surface area contributed by atoms with E-state index in [0.717, 1.165) is 6.26 Å². The van der Waals surface area contributed by atoms with Crippen molar-refractivity contribution in [3.63, 3.8) is 0 Å². The van der Waals surface area contributed by atoms with Crippen molar-refractivity contribution in [2.24, 2.45) is 0 Å². The van der Waals surface area contributed by atoms with Crippen LogP contribution in [0.1, 0.15) is 12.8 Å². The van der Waals surface area contributed by atoms with Crippen LogP contribution in [0.2, 0.25) is 0 Å². The number of rotatable bonds is 3. The maximum absolute atomic E-state index is 11.6. The molecule has 0 bridgehead atoms. The van der Waals surface area contributed by atoms with Gasteiger partial charge in [0.2, 0.25) is 0 Å². The minimum atomic E-state index is -3.38. The van der Waals surface area contributed by atoms with Gasteiger partial charge in [0, 0.05) is 12.3 Å². The smallest absolute Gasteiger partial charge is 0.177 e. The molecule has 1 saturated heterocycles. The number of hydrogen-bond acceptors (Lipinski definition) is 6. The molecular weight excluding hydrogens is 300 g/mol. The van der Waals surface area contributed by atoms with Crippen molar-refractivity contribution in [3.05, 3.63) is 18.2 Å². The van der Waals surface area contributed by atoms with E-state index < -0.39 is 19.7 Å². The Kier molecular flexibility index (Phi) is 3.97. The highest BCUT2D eigenvalue weighted by Gasteiger charge is 2.24. The predicted octanol–water partition coefficient (Wildman–Crippen LogP) is 0.661. The molecule has 1 aliphatic rings. The first kappa shape index (κ1) is 15.1. The molecule has 0 amide bonds. The summed E-state index contributed by atoms with van der Waals surface area (Å²) >= 11 is 0. The van der Waals surface area contributed by atoms with Crippen LogP contribution in [0, 0.1) is 0 Å². The third-order valence-electron chi connectivity index (χ3n) is 3.38. The molecule has 3 N–H and O–H groups in total. The minimum absolute atomic E-state index is 0.00404. The maximum atomic E-state index is 11.6. The van der Waals surface area contributed by atoms with Crippen molar-refractivity contribution in [2.45, 2.75) is 23.8 Å². The van der Waals surface area contributed by atoms with Crippen LogP contribution in [0.3, 0.4) is 0 Å². The number of hydrogen-bond donors (Lipinski definition) is 2. The Morgan fingerprint density at radius 1 is 1.25 bits per heavy atom. The monoisotopic (exact) mass is 318 g/mol. The molecule has 0 unspecified atom stereocenters. The van der Waals surface area contributed by atoms with Gasteiger partial charge in [0.25, 0.3) is 0 Å². The molecule has 0 atom stereocenters. The normalized spacial score (nSPS) is 19.6. The van der Waals surface area contributed by atoms with E-state index in [-0.39, 0.29) is 28.1 Å². The first-order valence-electron chi connectivity index (χ1n) is 6.24. The van der Waals surface area contributed by atoms with Crippen molar-refractivity contribution in [1.82, 2.24) is 0 Å². The Bertz CT molecular complexity index is 697. The van der Waals surface area contributed by atoms with E-state index in [1.54, 1.807) is 12.1 Å². The molecule has 1 fully saturated rings. The fourth-order valence-corrected chi connectivity index (χ4v) is 4.57. The second-order valence-electron chi connectivity index (χ2n) is 5.06. The quantitative estimate of drug-likeness (QED) is 0.793. The lowest BCUT2D eigenvalue weighted by Crippen LogP contribution is -2.32. The highest BCUT2D eigenvalue weighted by molar-refractivity contribution is 7.91. The summed E-state index contributed by atoms with van der Waals surface area (Å²) in [5.74, 6) is 0.298. The van der Waals surface area contributed by atoms with Crippen LogP contribution in [0.4, 0.5) is 11.4 Å². The third kappa shape index (κ3) is 3.43. The summed E-state index contributed by atoms with van der Waals surface area (Å²) in [6.45, 7) is 0. The molecule has 1 aromatic rings. The first-order chi connectivity index (χ1) is 9.19. The van der Waals surface area contributed by atoms with Crippen molar-refractivity contribution in [3.8, 4) is 0 Å². The Hall–Kier alpha value is -1.28. The number of nitrogen functional groups attached to an aromatic ring is 1. The molecule has 0 aromatic heterocycles. The fourth-order valence-electron chi connectivity index (χ4n) is 2.25. The van der Waals surface area contributed by atoms with Gasteiger partial charge in [-0.15, -0.1) is 0 Å². The third-order valence-corrected chi connectivity index (χ3v) is 6.25. The molecule has 1 aromatic carbocycles. The van der Waals surface area contributed by atoms with Crippen LogP contribution in [-0.2, 0) is 19.7 Å². The summed E-state index contributed by atoms with van der Waals surface area (Å²) in [6, 6.07) is 4.78. The van der Waals surface area contributed by atoms with Gasteiger partial charge in [0.05, 0.1) is 27.8 Å². The van der Waals surface area contributed by atoms with Crippen molar-refractivity contribution < 1.29 is 16.8 Å². The van der Waals surface area contributed by atoms with Crippen molar-refractivity contribution in [1.29, 1.82) is 0 Å². The lowest BCUT2D eigenvalue weighted by molar-refractivity contribution is 0.559. The number of anilines is 2. The van der Waals surface area contributed by atoms with Crippen LogP contribution >= 0.6 is 0 Å². The number of benzene rings is 1. The van der Waals surface area contributed by atoms with Gasteiger partial charge in [0.1, 0.15) is 9.84 Å². The average molecular weight is 318 g/mol. The SMILES string of the molecule is CS(=O)(=O)c1cccc(NC2CCS(=O)(=O)CC2)c1N.